The third-order valence-electron chi connectivity index (χ3n) is 2.82. The number of aromatic nitrogens is 2. The molecule has 0 unspecified atom stereocenters. The van der Waals surface area contributed by atoms with Gasteiger partial charge in [-0.05, 0) is 29.8 Å². The molecule has 19 heavy (non-hydrogen) atoms. The molecule has 0 atom stereocenters. The summed E-state index contributed by atoms with van der Waals surface area (Å²) < 4.78 is 2.05. The van der Waals surface area contributed by atoms with E-state index in [9.17, 15) is 0 Å². The lowest BCUT2D eigenvalue weighted by molar-refractivity contribution is 1.18. The van der Waals surface area contributed by atoms with Crippen LogP contribution in [0.2, 0.25) is 5.02 Å². The summed E-state index contributed by atoms with van der Waals surface area (Å²) in [6.07, 6.45) is 4.10. The van der Waals surface area contributed by atoms with Crippen molar-refractivity contribution in [1.82, 2.24) is 9.38 Å². The number of hydrogen-bond donors (Lipinski definition) is 0. The predicted molar refractivity (Wildman–Crippen MR) is 81.6 cm³/mol. The summed E-state index contributed by atoms with van der Waals surface area (Å²) in [7, 11) is 0. The van der Waals surface area contributed by atoms with Crippen molar-refractivity contribution in [3.8, 4) is 0 Å². The van der Waals surface area contributed by atoms with Gasteiger partial charge in [0, 0.05) is 28.9 Å². The molecular formula is C15H13ClN2S. The first-order valence-corrected chi connectivity index (χ1v) is 7.59. The van der Waals surface area contributed by atoms with Crippen molar-refractivity contribution in [3.05, 3.63) is 71.1 Å². The van der Waals surface area contributed by atoms with Gasteiger partial charge >= 0.3 is 0 Å². The first-order valence-electron chi connectivity index (χ1n) is 6.06. The Hall–Kier alpha value is -1.45. The van der Waals surface area contributed by atoms with E-state index < -0.39 is 0 Å². The topological polar surface area (TPSA) is 17.3 Å². The van der Waals surface area contributed by atoms with Crippen molar-refractivity contribution in [2.45, 2.75) is 11.5 Å². The second kappa shape index (κ2) is 5.68. The minimum Gasteiger partial charge on any atom is -0.307 e. The molecule has 2 heterocycles. The molecule has 0 N–H and O–H groups in total. The Kier molecular flexibility index (Phi) is 3.76. The molecule has 2 aromatic heterocycles. The van der Waals surface area contributed by atoms with Gasteiger partial charge in [-0.25, -0.2) is 4.98 Å². The van der Waals surface area contributed by atoms with Gasteiger partial charge in [-0.2, -0.15) is 11.8 Å². The van der Waals surface area contributed by atoms with Gasteiger partial charge in [0.05, 0.1) is 5.69 Å². The van der Waals surface area contributed by atoms with Crippen LogP contribution in [0.3, 0.4) is 0 Å². The third-order valence-corrected chi connectivity index (χ3v) is 4.09. The number of halogens is 1. The lowest BCUT2D eigenvalue weighted by Crippen LogP contribution is -1.83. The number of thioether (sulfide) groups is 1. The molecule has 3 aromatic rings. The van der Waals surface area contributed by atoms with E-state index in [0.29, 0.717) is 0 Å². The molecule has 0 aliphatic carbocycles. The Bertz CT molecular complexity index is 660. The number of fused-ring (bicyclic) bond motifs is 1. The fourth-order valence-corrected chi connectivity index (χ4v) is 3.04. The fraction of sp³-hybridized carbons (Fsp3) is 0.133. The zero-order chi connectivity index (χ0) is 13.1. The maximum atomic E-state index is 5.97. The van der Waals surface area contributed by atoms with Crippen LogP contribution in [0.4, 0.5) is 0 Å². The summed E-state index contributed by atoms with van der Waals surface area (Å²) in [5, 5.41) is 0.797. The van der Waals surface area contributed by atoms with Gasteiger partial charge in [-0.15, -0.1) is 0 Å². The smallest absolute Gasteiger partial charge is 0.137 e. The molecule has 0 bridgehead atoms. The van der Waals surface area contributed by atoms with Gasteiger partial charge in [-0.1, -0.05) is 29.8 Å². The van der Waals surface area contributed by atoms with E-state index in [2.05, 4.69) is 21.6 Å². The average Bonchev–Trinajstić information content (AvgIpc) is 2.81. The highest BCUT2D eigenvalue weighted by molar-refractivity contribution is 7.97. The van der Waals surface area contributed by atoms with Crippen molar-refractivity contribution in [2.24, 2.45) is 0 Å². The standard InChI is InChI=1S/C15H13ClN2S/c16-13-5-3-4-12(8-13)10-19-11-14-9-18-7-2-1-6-15(18)17-14/h1-9H,10-11H2. The fourth-order valence-electron chi connectivity index (χ4n) is 1.96. The Morgan fingerprint density at radius 1 is 1.11 bits per heavy atom. The quantitative estimate of drug-likeness (QED) is 0.707. The van der Waals surface area contributed by atoms with Gasteiger partial charge in [-0.3, -0.25) is 0 Å². The minimum atomic E-state index is 0.797. The largest absolute Gasteiger partial charge is 0.307 e. The minimum absolute atomic E-state index is 0.797. The zero-order valence-corrected chi connectivity index (χ0v) is 11.9. The molecule has 0 aliphatic rings. The highest BCUT2D eigenvalue weighted by atomic mass is 35.5. The SMILES string of the molecule is Clc1cccc(CSCc2cn3ccccc3n2)c1. The number of rotatable bonds is 4. The van der Waals surface area contributed by atoms with E-state index in [0.717, 1.165) is 27.9 Å². The molecule has 0 saturated heterocycles. The van der Waals surface area contributed by atoms with E-state index in [4.69, 9.17) is 11.6 Å². The Balaban J connectivity index is 1.63. The lowest BCUT2D eigenvalue weighted by Gasteiger charge is -2.00. The molecule has 3 rings (SSSR count). The number of hydrogen-bond acceptors (Lipinski definition) is 2. The Morgan fingerprint density at radius 3 is 2.89 bits per heavy atom. The summed E-state index contributed by atoms with van der Waals surface area (Å²) in [5.41, 5.74) is 3.36. The lowest BCUT2D eigenvalue weighted by atomic mass is 10.2. The maximum Gasteiger partial charge on any atom is 0.137 e. The van der Waals surface area contributed by atoms with E-state index in [-0.39, 0.29) is 0 Å². The van der Waals surface area contributed by atoms with Crippen LogP contribution in [-0.4, -0.2) is 9.38 Å². The number of pyridine rings is 1. The molecule has 0 radical (unpaired) electrons. The van der Waals surface area contributed by atoms with Crippen molar-refractivity contribution < 1.29 is 0 Å². The van der Waals surface area contributed by atoms with Crippen LogP contribution in [0, 0.1) is 0 Å². The summed E-state index contributed by atoms with van der Waals surface area (Å²) in [6.45, 7) is 0. The third kappa shape index (κ3) is 3.11. The number of imidazole rings is 1. The number of benzene rings is 1. The average molecular weight is 289 g/mol. The van der Waals surface area contributed by atoms with Gasteiger partial charge in [0.2, 0.25) is 0 Å². The molecule has 2 nitrogen and oxygen atoms in total. The molecule has 0 saturated carbocycles. The van der Waals surface area contributed by atoms with Gasteiger partial charge in [0.25, 0.3) is 0 Å². The monoisotopic (exact) mass is 288 g/mol. The molecule has 0 aliphatic heterocycles. The van der Waals surface area contributed by atoms with E-state index in [1.807, 2.05) is 54.4 Å². The number of nitrogens with zero attached hydrogens (tertiary/aromatic N) is 2. The van der Waals surface area contributed by atoms with Crippen molar-refractivity contribution in [3.63, 3.8) is 0 Å². The van der Waals surface area contributed by atoms with Crippen LogP contribution in [-0.2, 0) is 11.5 Å². The van der Waals surface area contributed by atoms with Crippen LogP contribution >= 0.6 is 23.4 Å². The van der Waals surface area contributed by atoms with Crippen LogP contribution in [0.5, 0.6) is 0 Å². The molecule has 96 valence electrons. The second-order valence-corrected chi connectivity index (χ2v) is 5.74. The first kappa shape index (κ1) is 12.6. The maximum absolute atomic E-state index is 5.97. The molecule has 0 spiro atoms. The highest BCUT2D eigenvalue weighted by Gasteiger charge is 2.01. The predicted octanol–water partition coefficient (Wildman–Crippen LogP) is 4.42. The summed E-state index contributed by atoms with van der Waals surface area (Å²) in [5.74, 6) is 1.86. The van der Waals surface area contributed by atoms with Crippen LogP contribution in [0.25, 0.3) is 5.65 Å². The Morgan fingerprint density at radius 2 is 2.05 bits per heavy atom. The first-order chi connectivity index (χ1) is 9.31. The van der Waals surface area contributed by atoms with Crippen molar-refractivity contribution >= 4 is 29.0 Å². The van der Waals surface area contributed by atoms with Crippen LogP contribution in [0.15, 0.2) is 54.9 Å². The zero-order valence-electron chi connectivity index (χ0n) is 10.3. The molecule has 1 aromatic carbocycles. The van der Waals surface area contributed by atoms with Gasteiger partial charge in [0.1, 0.15) is 5.65 Å². The van der Waals surface area contributed by atoms with Gasteiger partial charge in [0.15, 0.2) is 0 Å². The van der Waals surface area contributed by atoms with Crippen LogP contribution < -0.4 is 0 Å². The van der Waals surface area contributed by atoms with Gasteiger partial charge < -0.3 is 4.40 Å². The summed E-state index contributed by atoms with van der Waals surface area (Å²) in [4.78, 5) is 4.58. The van der Waals surface area contributed by atoms with Crippen LogP contribution in [0.1, 0.15) is 11.3 Å². The normalized spacial score (nSPS) is 11.0. The summed E-state index contributed by atoms with van der Waals surface area (Å²) in [6, 6.07) is 14.0. The Labute approximate surface area is 121 Å². The molecule has 0 amide bonds. The van der Waals surface area contributed by atoms with Crippen molar-refractivity contribution in [2.75, 3.05) is 0 Å². The van der Waals surface area contributed by atoms with E-state index in [1.165, 1.54) is 5.56 Å². The van der Waals surface area contributed by atoms with Crippen molar-refractivity contribution in [1.29, 1.82) is 0 Å². The van der Waals surface area contributed by atoms with E-state index in [1.54, 1.807) is 0 Å². The van der Waals surface area contributed by atoms with E-state index >= 15 is 0 Å². The second-order valence-electron chi connectivity index (χ2n) is 4.32. The summed E-state index contributed by atoms with van der Waals surface area (Å²) >= 11 is 7.82. The molecule has 0 fully saturated rings. The molecular weight excluding hydrogens is 276 g/mol. The highest BCUT2D eigenvalue weighted by Crippen LogP contribution is 2.20. The molecule has 4 heteroatoms.